The van der Waals surface area contributed by atoms with Gasteiger partial charge in [-0.15, -0.1) is 0 Å². The highest BCUT2D eigenvalue weighted by Gasteiger charge is 2.19. The molecule has 0 aliphatic heterocycles. The molecule has 0 spiro atoms. The van der Waals surface area contributed by atoms with Gasteiger partial charge in [0.25, 0.3) is 0 Å². The molecule has 1 aliphatic rings. The van der Waals surface area contributed by atoms with Gasteiger partial charge in [-0.2, -0.15) is 0 Å². The van der Waals surface area contributed by atoms with Gasteiger partial charge in [0.15, 0.2) is 0 Å². The van der Waals surface area contributed by atoms with Crippen LogP contribution in [-0.4, -0.2) is 9.13 Å². The monoisotopic (exact) mass is 738 g/mol. The van der Waals surface area contributed by atoms with Crippen LogP contribution in [0.4, 0.5) is 0 Å². The maximum Gasteiger partial charge on any atom is 0.0619 e. The van der Waals surface area contributed by atoms with Crippen molar-refractivity contribution < 1.29 is 0 Å². The van der Waals surface area contributed by atoms with E-state index in [9.17, 15) is 0 Å². The molecule has 0 saturated heterocycles. The second-order valence-corrected chi connectivity index (χ2v) is 15.6. The van der Waals surface area contributed by atoms with Crippen LogP contribution in [0.25, 0.3) is 104 Å². The zero-order valence-electron chi connectivity index (χ0n) is 31.9. The lowest BCUT2D eigenvalue weighted by atomic mass is 9.99. The van der Waals surface area contributed by atoms with Gasteiger partial charge in [0.1, 0.15) is 0 Å². The first-order valence-corrected chi connectivity index (χ1v) is 20.3. The fourth-order valence-corrected chi connectivity index (χ4v) is 9.52. The third kappa shape index (κ3) is 5.12. The largest absolute Gasteiger partial charge is 0.309 e. The lowest BCUT2D eigenvalue weighted by molar-refractivity contribution is 1.04. The van der Waals surface area contributed by atoms with Gasteiger partial charge in [-0.25, -0.2) is 0 Å². The Labute approximate surface area is 336 Å². The Kier molecular flexibility index (Phi) is 7.39. The number of hydrogen-bond acceptors (Lipinski definition) is 0. The van der Waals surface area contributed by atoms with Crippen molar-refractivity contribution in [3.63, 3.8) is 0 Å². The molecule has 0 fully saturated rings. The Morgan fingerprint density at radius 1 is 0.328 bits per heavy atom. The first-order chi connectivity index (χ1) is 28.8. The summed E-state index contributed by atoms with van der Waals surface area (Å²) in [4.78, 5) is 0. The summed E-state index contributed by atoms with van der Waals surface area (Å²) in [5.41, 5.74) is 14.7. The van der Waals surface area contributed by atoms with Gasteiger partial charge in [-0.05, 0) is 106 Å². The van der Waals surface area contributed by atoms with Crippen molar-refractivity contribution in [1.29, 1.82) is 0 Å². The predicted molar refractivity (Wildman–Crippen MR) is 247 cm³/mol. The molecular weight excluding hydrogens is 701 g/mol. The Morgan fingerprint density at radius 3 is 1.34 bits per heavy atom. The Hall–Kier alpha value is -7.42. The minimum Gasteiger partial charge on any atom is -0.309 e. The lowest BCUT2D eigenvalue weighted by Gasteiger charge is -2.12. The number of hydrogen-bond donors (Lipinski definition) is 0. The second-order valence-electron chi connectivity index (χ2n) is 15.6. The minimum absolute atomic E-state index is 1.10. The van der Waals surface area contributed by atoms with E-state index in [1.807, 2.05) is 0 Å². The highest BCUT2D eigenvalue weighted by Crippen LogP contribution is 2.42. The van der Waals surface area contributed by atoms with E-state index < -0.39 is 0 Å². The molecule has 0 atom stereocenters. The lowest BCUT2D eigenvalue weighted by Crippen LogP contribution is -1.95. The van der Waals surface area contributed by atoms with Gasteiger partial charge in [0.05, 0.1) is 22.1 Å². The molecule has 0 saturated carbocycles. The standard InChI is InChI=1S/C56H38N2/c1-3-11-37(12-4-1)39-19-27-45(28-20-39)57-53-33-25-43(35-51(53)49-31-23-41-15-7-9-17-47(41)55(49)57)44-26-34-54-52(36-44)50-32-24-42-16-8-10-18-48(42)56(50)58(54)46-29-21-40(22-30-46)38-13-5-2-6-14-38/h1,3-5,7-36H,2,6H2. The summed E-state index contributed by atoms with van der Waals surface area (Å²) in [6.07, 6.45) is 9.11. The third-order valence-corrected chi connectivity index (χ3v) is 12.3. The van der Waals surface area contributed by atoms with E-state index in [-0.39, 0.29) is 0 Å². The highest BCUT2D eigenvalue weighted by atomic mass is 15.0. The van der Waals surface area contributed by atoms with Crippen LogP contribution >= 0.6 is 0 Å². The first-order valence-electron chi connectivity index (χ1n) is 20.3. The zero-order chi connectivity index (χ0) is 38.2. The fraction of sp³-hybridized carbons (Fsp3) is 0.0357. The van der Waals surface area contributed by atoms with Crippen molar-refractivity contribution in [2.45, 2.75) is 12.8 Å². The molecule has 2 nitrogen and oxygen atoms in total. The SMILES string of the molecule is C1=CC(c2ccc(-n3c4ccc(-c5ccc6c(c5)c5ccc7ccccc7c5n6-c5ccc(-c6ccccc6)cc5)cc4c4ccc5ccccc5c43)cc2)=CCC1. The van der Waals surface area contributed by atoms with Crippen LogP contribution in [0.1, 0.15) is 18.4 Å². The molecule has 2 heteroatoms. The van der Waals surface area contributed by atoms with Gasteiger partial charge in [-0.3, -0.25) is 0 Å². The normalized spacial score (nSPS) is 13.1. The van der Waals surface area contributed by atoms with Crippen LogP contribution in [0.3, 0.4) is 0 Å². The van der Waals surface area contributed by atoms with Crippen LogP contribution in [0.5, 0.6) is 0 Å². The highest BCUT2D eigenvalue weighted by molar-refractivity contribution is 6.21. The van der Waals surface area contributed by atoms with Crippen molar-refractivity contribution in [1.82, 2.24) is 9.13 Å². The number of nitrogens with zero attached hydrogens (tertiary/aromatic N) is 2. The van der Waals surface area contributed by atoms with E-state index in [4.69, 9.17) is 0 Å². The van der Waals surface area contributed by atoms with E-state index in [2.05, 4.69) is 215 Å². The molecule has 0 radical (unpaired) electrons. The van der Waals surface area contributed by atoms with Crippen molar-refractivity contribution >= 4 is 70.7 Å². The average Bonchev–Trinajstić information content (AvgIpc) is 3.82. The molecule has 0 amide bonds. The van der Waals surface area contributed by atoms with Crippen molar-refractivity contribution in [2.75, 3.05) is 0 Å². The van der Waals surface area contributed by atoms with Crippen LogP contribution < -0.4 is 0 Å². The van der Waals surface area contributed by atoms with E-state index in [1.54, 1.807) is 0 Å². The van der Waals surface area contributed by atoms with Gasteiger partial charge >= 0.3 is 0 Å². The summed E-state index contributed by atoms with van der Waals surface area (Å²) < 4.78 is 4.93. The molecular formula is C56H38N2. The summed E-state index contributed by atoms with van der Waals surface area (Å²) in [5.74, 6) is 0. The van der Waals surface area contributed by atoms with Gasteiger partial charge in [-0.1, -0.05) is 158 Å². The maximum absolute atomic E-state index is 2.47. The Bertz CT molecular complexity index is 3470. The number of allylic oxidation sites excluding steroid dienone is 4. The van der Waals surface area contributed by atoms with E-state index in [1.165, 1.54) is 104 Å². The molecule has 12 rings (SSSR count). The summed E-state index contributed by atoms with van der Waals surface area (Å²) in [6, 6.07) is 69.6. The van der Waals surface area contributed by atoms with Crippen molar-refractivity contribution in [3.8, 4) is 33.6 Å². The van der Waals surface area contributed by atoms with Crippen LogP contribution in [0.15, 0.2) is 206 Å². The smallest absolute Gasteiger partial charge is 0.0619 e. The number of benzene rings is 9. The van der Waals surface area contributed by atoms with Crippen LogP contribution in [0, 0.1) is 0 Å². The van der Waals surface area contributed by atoms with Crippen molar-refractivity contribution in [3.05, 3.63) is 212 Å². The van der Waals surface area contributed by atoms with Gasteiger partial charge in [0.2, 0.25) is 0 Å². The predicted octanol–water partition coefficient (Wildman–Crippen LogP) is 15.3. The summed E-state index contributed by atoms with van der Waals surface area (Å²) >= 11 is 0. The molecule has 2 heterocycles. The number of rotatable bonds is 5. The quantitative estimate of drug-likeness (QED) is 0.166. The molecule has 9 aromatic carbocycles. The topological polar surface area (TPSA) is 9.86 Å². The Morgan fingerprint density at radius 2 is 0.810 bits per heavy atom. The molecule has 0 bridgehead atoms. The number of aromatic nitrogens is 2. The molecule has 272 valence electrons. The van der Waals surface area contributed by atoms with Crippen LogP contribution in [-0.2, 0) is 0 Å². The molecule has 0 unspecified atom stereocenters. The van der Waals surface area contributed by atoms with Crippen LogP contribution in [0.2, 0.25) is 0 Å². The Balaban J connectivity index is 1.04. The average molecular weight is 739 g/mol. The molecule has 0 N–H and O–H groups in total. The second kappa shape index (κ2) is 13.1. The number of fused-ring (bicyclic) bond motifs is 10. The van der Waals surface area contributed by atoms with E-state index in [0.29, 0.717) is 0 Å². The minimum atomic E-state index is 1.10. The molecule has 2 aromatic heterocycles. The fourth-order valence-electron chi connectivity index (χ4n) is 9.52. The summed E-state index contributed by atoms with van der Waals surface area (Å²) in [6.45, 7) is 0. The van der Waals surface area contributed by atoms with Crippen molar-refractivity contribution in [2.24, 2.45) is 0 Å². The van der Waals surface area contributed by atoms with Gasteiger partial charge in [0, 0.05) is 43.7 Å². The molecule has 11 aromatic rings. The van der Waals surface area contributed by atoms with E-state index >= 15 is 0 Å². The molecule has 58 heavy (non-hydrogen) atoms. The third-order valence-electron chi connectivity index (χ3n) is 12.3. The van der Waals surface area contributed by atoms with E-state index in [0.717, 1.165) is 18.5 Å². The molecule has 1 aliphatic carbocycles. The first kappa shape index (κ1) is 32.8. The summed E-state index contributed by atoms with van der Waals surface area (Å²) in [5, 5.41) is 10.0. The zero-order valence-corrected chi connectivity index (χ0v) is 31.9. The summed E-state index contributed by atoms with van der Waals surface area (Å²) in [7, 11) is 0. The maximum atomic E-state index is 2.47. The van der Waals surface area contributed by atoms with Gasteiger partial charge < -0.3 is 9.13 Å².